The maximum absolute atomic E-state index is 12.5. The smallest absolute Gasteiger partial charge is 0.207 e. The summed E-state index contributed by atoms with van der Waals surface area (Å²) >= 11 is 21.0. The van der Waals surface area contributed by atoms with E-state index in [-0.39, 0.29) is 20.9 Å². The van der Waals surface area contributed by atoms with Crippen LogP contribution in [-0.2, 0) is 10.0 Å². The molecule has 1 unspecified atom stereocenters. The third-order valence-corrected chi connectivity index (χ3v) is 6.71. The first-order chi connectivity index (χ1) is 8.86. The first-order valence-corrected chi connectivity index (χ1v) is 9.09. The van der Waals surface area contributed by atoms with E-state index in [9.17, 15) is 8.42 Å². The Morgan fingerprint density at radius 1 is 1.32 bits per heavy atom. The van der Waals surface area contributed by atoms with Crippen LogP contribution in [-0.4, -0.2) is 31.7 Å². The highest BCUT2D eigenvalue weighted by Gasteiger charge is 2.34. The molecule has 1 fully saturated rings. The van der Waals surface area contributed by atoms with Gasteiger partial charge in [0.2, 0.25) is 10.0 Å². The zero-order chi connectivity index (χ0) is 14.2. The van der Waals surface area contributed by atoms with E-state index in [2.05, 4.69) is 15.9 Å². The van der Waals surface area contributed by atoms with Gasteiger partial charge in [0.1, 0.15) is 4.90 Å². The van der Waals surface area contributed by atoms with E-state index < -0.39 is 10.0 Å². The Kier molecular flexibility index (Phi) is 5.07. The summed E-state index contributed by atoms with van der Waals surface area (Å²) in [5, 5.41) is 0.238. The van der Waals surface area contributed by atoms with E-state index in [1.165, 1.54) is 16.4 Å². The Balaban J connectivity index is 2.41. The molecule has 1 atom stereocenters. The van der Waals surface area contributed by atoms with Gasteiger partial charge in [0, 0.05) is 23.4 Å². The van der Waals surface area contributed by atoms with Crippen molar-refractivity contribution in [2.75, 3.05) is 19.0 Å². The minimum absolute atomic E-state index is 0.0331. The molecule has 0 aliphatic carbocycles. The number of benzene rings is 1. The molecule has 1 aromatic carbocycles. The largest absolute Gasteiger partial charge is 0.246 e. The highest BCUT2D eigenvalue weighted by atomic mass is 79.9. The predicted molar refractivity (Wildman–Crippen MR) is 81.7 cm³/mol. The van der Waals surface area contributed by atoms with Gasteiger partial charge in [-0.1, -0.05) is 39.1 Å². The molecule has 0 radical (unpaired) electrons. The molecule has 8 heteroatoms. The Labute approximate surface area is 136 Å². The number of hydrogen-bond donors (Lipinski definition) is 0. The molecule has 0 saturated carbocycles. The average molecular weight is 408 g/mol. The quantitative estimate of drug-likeness (QED) is 0.710. The maximum atomic E-state index is 12.5. The number of sulfonamides is 1. The van der Waals surface area contributed by atoms with Crippen molar-refractivity contribution in [1.82, 2.24) is 4.31 Å². The lowest BCUT2D eigenvalue weighted by molar-refractivity contribution is 0.465. The summed E-state index contributed by atoms with van der Waals surface area (Å²) in [5.74, 6) is 0.637. The van der Waals surface area contributed by atoms with Crippen LogP contribution < -0.4 is 0 Å². The number of nitrogens with zero attached hydrogens (tertiary/aromatic N) is 1. The van der Waals surface area contributed by atoms with Crippen LogP contribution in [0.25, 0.3) is 0 Å². The molecule has 0 amide bonds. The molecular weight excluding hydrogens is 396 g/mol. The molecule has 0 aromatic heterocycles. The van der Waals surface area contributed by atoms with Gasteiger partial charge in [0.15, 0.2) is 0 Å². The normalized spacial score (nSPS) is 20.9. The molecule has 3 nitrogen and oxygen atoms in total. The summed E-state index contributed by atoms with van der Waals surface area (Å²) in [4.78, 5) is -0.0331. The van der Waals surface area contributed by atoms with Gasteiger partial charge in [-0.05, 0) is 24.5 Å². The van der Waals surface area contributed by atoms with Gasteiger partial charge < -0.3 is 0 Å². The minimum atomic E-state index is -3.67. The van der Waals surface area contributed by atoms with Crippen LogP contribution in [0.15, 0.2) is 21.5 Å². The highest BCUT2D eigenvalue weighted by molar-refractivity contribution is 9.10. The van der Waals surface area contributed by atoms with Gasteiger partial charge in [-0.3, -0.25) is 0 Å². The number of halogens is 4. The van der Waals surface area contributed by atoms with Crippen LogP contribution in [0.5, 0.6) is 0 Å². The van der Waals surface area contributed by atoms with Crippen LogP contribution in [0.2, 0.25) is 10.0 Å². The lowest BCUT2D eigenvalue weighted by Crippen LogP contribution is -2.29. The van der Waals surface area contributed by atoms with Gasteiger partial charge in [-0.25, -0.2) is 8.42 Å². The lowest BCUT2D eigenvalue weighted by Gasteiger charge is -2.18. The first-order valence-electron chi connectivity index (χ1n) is 5.57. The molecule has 1 aliphatic heterocycles. The van der Waals surface area contributed by atoms with E-state index in [0.29, 0.717) is 23.4 Å². The van der Waals surface area contributed by atoms with E-state index in [4.69, 9.17) is 34.8 Å². The monoisotopic (exact) mass is 405 g/mol. The minimum Gasteiger partial charge on any atom is -0.207 e. The van der Waals surface area contributed by atoms with Crippen LogP contribution in [0.1, 0.15) is 6.42 Å². The molecule has 1 saturated heterocycles. The highest BCUT2D eigenvalue weighted by Crippen LogP contribution is 2.36. The summed E-state index contributed by atoms with van der Waals surface area (Å²) in [5.41, 5.74) is 0. The van der Waals surface area contributed by atoms with Crippen LogP contribution in [0, 0.1) is 5.92 Å². The Morgan fingerprint density at radius 2 is 1.89 bits per heavy atom. The van der Waals surface area contributed by atoms with E-state index in [1.807, 2.05) is 0 Å². The lowest BCUT2D eigenvalue weighted by atomic mass is 10.2. The molecule has 1 aliphatic rings. The van der Waals surface area contributed by atoms with Crippen LogP contribution in [0.4, 0.5) is 0 Å². The van der Waals surface area contributed by atoms with Crippen molar-refractivity contribution in [3.8, 4) is 0 Å². The number of alkyl halides is 1. The van der Waals surface area contributed by atoms with Crippen LogP contribution >= 0.6 is 50.7 Å². The molecule has 0 bridgehead atoms. The van der Waals surface area contributed by atoms with Gasteiger partial charge in [-0.15, -0.1) is 11.6 Å². The SMILES string of the molecule is O=S(=O)(c1c(Cl)cc(Br)cc1Cl)N1CCC(CCl)C1. The van der Waals surface area contributed by atoms with Crippen molar-refractivity contribution in [1.29, 1.82) is 0 Å². The molecule has 2 rings (SSSR count). The summed E-state index contributed by atoms with van der Waals surface area (Å²) in [6.45, 7) is 0.858. The molecule has 19 heavy (non-hydrogen) atoms. The summed E-state index contributed by atoms with van der Waals surface area (Å²) in [6, 6.07) is 3.05. The van der Waals surface area contributed by atoms with Crippen molar-refractivity contribution in [2.45, 2.75) is 11.3 Å². The molecule has 1 heterocycles. The summed E-state index contributed by atoms with van der Waals surface area (Å²) in [6.07, 6.45) is 0.758. The van der Waals surface area contributed by atoms with Crippen LogP contribution in [0.3, 0.4) is 0 Å². The summed E-state index contributed by atoms with van der Waals surface area (Å²) < 4.78 is 27.1. The molecule has 0 N–H and O–H groups in total. The predicted octanol–water partition coefficient (Wildman–Crippen LogP) is 4.01. The van der Waals surface area contributed by atoms with E-state index in [0.717, 1.165) is 6.42 Å². The van der Waals surface area contributed by atoms with Crippen molar-refractivity contribution in [3.63, 3.8) is 0 Å². The Hall–Kier alpha value is 0.480. The molecule has 1 aromatic rings. The van der Waals surface area contributed by atoms with Crippen molar-refractivity contribution >= 4 is 60.8 Å². The average Bonchev–Trinajstić information content (AvgIpc) is 2.75. The molecule has 106 valence electrons. The Bertz CT molecular complexity index is 571. The van der Waals surface area contributed by atoms with E-state index in [1.54, 1.807) is 0 Å². The fraction of sp³-hybridized carbons (Fsp3) is 0.455. The van der Waals surface area contributed by atoms with Gasteiger partial charge >= 0.3 is 0 Å². The van der Waals surface area contributed by atoms with Crippen molar-refractivity contribution in [3.05, 3.63) is 26.7 Å². The molecule has 0 spiro atoms. The fourth-order valence-electron chi connectivity index (χ4n) is 2.05. The first kappa shape index (κ1) is 15.9. The second kappa shape index (κ2) is 6.08. The third kappa shape index (κ3) is 3.22. The second-order valence-corrected chi connectivity index (χ2v) is 8.28. The summed E-state index contributed by atoms with van der Waals surface area (Å²) in [7, 11) is -3.67. The fourth-order valence-corrected chi connectivity index (χ4v) is 5.71. The zero-order valence-electron chi connectivity index (χ0n) is 9.74. The van der Waals surface area contributed by atoms with E-state index >= 15 is 0 Å². The number of hydrogen-bond acceptors (Lipinski definition) is 2. The zero-order valence-corrected chi connectivity index (χ0v) is 14.4. The van der Waals surface area contributed by atoms with Gasteiger partial charge in [0.05, 0.1) is 10.0 Å². The Morgan fingerprint density at radius 3 is 2.37 bits per heavy atom. The topological polar surface area (TPSA) is 37.4 Å². The van der Waals surface area contributed by atoms with Crippen molar-refractivity contribution in [2.24, 2.45) is 5.92 Å². The standard InChI is InChI=1S/C11H11BrCl3NO2S/c12-8-3-9(14)11(10(15)4-8)19(17,18)16-2-1-7(5-13)6-16/h3-4,7H,1-2,5-6H2. The van der Waals surface area contributed by atoms with Gasteiger partial charge in [0.25, 0.3) is 0 Å². The second-order valence-electron chi connectivity index (χ2n) is 4.37. The van der Waals surface area contributed by atoms with Gasteiger partial charge in [-0.2, -0.15) is 4.31 Å². The molecular formula is C11H11BrCl3NO2S. The maximum Gasteiger partial charge on any atom is 0.246 e. The third-order valence-electron chi connectivity index (χ3n) is 3.03. The number of rotatable bonds is 3. The van der Waals surface area contributed by atoms with Crippen molar-refractivity contribution < 1.29 is 8.42 Å².